The van der Waals surface area contributed by atoms with Crippen LogP contribution in [0, 0.1) is 11.3 Å². The maximum Gasteiger partial charge on any atom is 0.251 e. The lowest BCUT2D eigenvalue weighted by molar-refractivity contribution is -0.149. The van der Waals surface area contributed by atoms with Crippen LogP contribution in [0.5, 0.6) is 0 Å². The Hall–Kier alpha value is -1.63. The van der Waals surface area contributed by atoms with Crippen LogP contribution in [0.2, 0.25) is 0 Å². The predicted octanol–water partition coefficient (Wildman–Crippen LogP) is 2.09. The summed E-state index contributed by atoms with van der Waals surface area (Å²) in [4.78, 5) is 27.6. The standard InChI is InChI=1S/C21H31N3O3.ClH/c1-27-16-21(9-11-22-12-10-21)20(26)24-13-5-6-17(15-24)14-23-19(25)18-7-3-2-4-8-18;/h2-4,7-8,17,22H,5-6,9-16H2,1H3,(H,23,25);1H. The van der Waals surface area contributed by atoms with Gasteiger partial charge < -0.3 is 20.3 Å². The third-order valence-corrected chi connectivity index (χ3v) is 5.83. The van der Waals surface area contributed by atoms with Crippen LogP contribution in [0.1, 0.15) is 36.0 Å². The van der Waals surface area contributed by atoms with Crippen molar-refractivity contribution in [1.82, 2.24) is 15.5 Å². The molecule has 0 aliphatic carbocycles. The molecule has 2 heterocycles. The Morgan fingerprint density at radius 3 is 2.64 bits per heavy atom. The van der Waals surface area contributed by atoms with E-state index in [9.17, 15) is 9.59 Å². The van der Waals surface area contributed by atoms with E-state index in [-0.39, 0.29) is 24.2 Å². The van der Waals surface area contributed by atoms with Crippen molar-refractivity contribution in [3.8, 4) is 0 Å². The molecular weight excluding hydrogens is 378 g/mol. The van der Waals surface area contributed by atoms with Gasteiger partial charge >= 0.3 is 0 Å². The maximum atomic E-state index is 13.3. The number of carbonyl (C=O) groups is 2. The first-order valence-electron chi connectivity index (χ1n) is 9.97. The number of likely N-dealkylation sites (tertiary alicyclic amines) is 1. The predicted molar refractivity (Wildman–Crippen MR) is 112 cm³/mol. The van der Waals surface area contributed by atoms with Crippen molar-refractivity contribution in [2.45, 2.75) is 25.7 Å². The van der Waals surface area contributed by atoms with E-state index in [1.807, 2.05) is 35.2 Å². The molecule has 2 saturated heterocycles. The van der Waals surface area contributed by atoms with Crippen molar-refractivity contribution in [3.05, 3.63) is 35.9 Å². The van der Waals surface area contributed by atoms with E-state index in [4.69, 9.17) is 4.74 Å². The molecular formula is C21H32ClN3O3. The summed E-state index contributed by atoms with van der Waals surface area (Å²) >= 11 is 0. The summed E-state index contributed by atoms with van der Waals surface area (Å²) < 4.78 is 5.42. The first-order valence-corrected chi connectivity index (χ1v) is 9.97. The number of piperidine rings is 2. The lowest BCUT2D eigenvalue weighted by Gasteiger charge is -2.42. The third kappa shape index (κ3) is 5.46. The average Bonchev–Trinajstić information content (AvgIpc) is 2.73. The van der Waals surface area contributed by atoms with Crippen molar-refractivity contribution in [2.24, 2.45) is 11.3 Å². The molecule has 1 atom stereocenters. The molecule has 0 saturated carbocycles. The molecule has 2 aliphatic heterocycles. The Balaban J connectivity index is 0.00000280. The van der Waals surface area contributed by atoms with Crippen molar-refractivity contribution in [1.29, 1.82) is 0 Å². The zero-order valence-electron chi connectivity index (χ0n) is 16.6. The second-order valence-corrected chi connectivity index (χ2v) is 7.80. The maximum absolute atomic E-state index is 13.3. The van der Waals surface area contributed by atoms with Gasteiger partial charge in [0, 0.05) is 32.3 Å². The van der Waals surface area contributed by atoms with Crippen LogP contribution in [-0.2, 0) is 9.53 Å². The summed E-state index contributed by atoms with van der Waals surface area (Å²) in [5.74, 6) is 0.481. The van der Waals surface area contributed by atoms with E-state index in [1.54, 1.807) is 7.11 Å². The highest BCUT2D eigenvalue weighted by Gasteiger charge is 2.43. The molecule has 2 aliphatic rings. The number of rotatable bonds is 6. The number of carbonyl (C=O) groups excluding carboxylic acids is 2. The van der Waals surface area contributed by atoms with Gasteiger partial charge in [-0.25, -0.2) is 0 Å². The molecule has 1 unspecified atom stereocenters. The van der Waals surface area contributed by atoms with Crippen molar-refractivity contribution in [2.75, 3.05) is 46.4 Å². The smallest absolute Gasteiger partial charge is 0.251 e. The molecule has 2 amide bonds. The number of amides is 2. The Morgan fingerprint density at radius 1 is 1.25 bits per heavy atom. The fourth-order valence-electron chi connectivity index (χ4n) is 4.28. The molecule has 0 spiro atoms. The Morgan fingerprint density at radius 2 is 1.96 bits per heavy atom. The summed E-state index contributed by atoms with van der Waals surface area (Å²) in [6, 6.07) is 9.27. The zero-order chi connectivity index (χ0) is 19.1. The van der Waals surface area contributed by atoms with Crippen LogP contribution in [-0.4, -0.2) is 63.2 Å². The molecule has 3 rings (SSSR count). The fourth-order valence-corrected chi connectivity index (χ4v) is 4.28. The van der Waals surface area contributed by atoms with E-state index in [1.165, 1.54) is 0 Å². The molecule has 0 bridgehead atoms. The molecule has 6 nitrogen and oxygen atoms in total. The topological polar surface area (TPSA) is 70.7 Å². The van der Waals surface area contributed by atoms with Gasteiger partial charge in [0.15, 0.2) is 0 Å². The van der Waals surface area contributed by atoms with Crippen LogP contribution in [0.3, 0.4) is 0 Å². The van der Waals surface area contributed by atoms with Gasteiger partial charge in [-0.15, -0.1) is 12.4 Å². The highest BCUT2D eigenvalue weighted by Crippen LogP contribution is 2.33. The van der Waals surface area contributed by atoms with Gasteiger partial charge in [0.05, 0.1) is 12.0 Å². The normalized spacial score (nSPS) is 21.5. The molecule has 1 aromatic rings. The van der Waals surface area contributed by atoms with Crippen LogP contribution >= 0.6 is 12.4 Å². The van der Waals surface area contributed by atoms with E-state index in [0.29, 0.717) is 31.2 Å². The first-order chi connectivity index (χ1) is 13.1. The molecule has 1 aromatic carbocycles. The zero-order valence-corrected chi connectivity index (χ0v) is 17.4. The molecule has 0 radical (unpaired) electrons. The summed E-state index contributed by atoms with van der Waals surface area (Å²) in [5, 5.41) is 6.37. The number of hydrogen-bond donors (Lipinski definition) is 2. The van der Waals surface area contributed by atoms with E-state index < -0.39 is 5.41 Å². The summed E-state index contributed by atoms with van der Waals surface area (Å²) in [5.41, 5.74) is 0.282. The van der Waals surface area contributed by atoms with Gasteiger partial charge in [-0.05, 0) is 56.8 Å². The number of halogens is 1. The third-order valence-electron chi connectivity index (χ3n) is 5.83. The number of nitrogens with zero attached hydrogens (tertiary/aromatic N) is 1. The molecule has 7 heteroatoms. The lowest BCUT2D eigenvalue weighted by Crippen LogP contribution is -2.54. The number of benzene rings is 1. The van der Waals surface area contributed by atoms with Crippen molar-refractivity contribution < 1.29 is 14.3 Å². The number of methoxy groups -OCH3 is 1. The monoisotopic (exact) mass is 409 g/mol. The number of hydrogen-bond acceptors (Lipinski definition) is 4. The van der Waals surface area contributed by atoms with Crippen LogP contribution < -0.4 is 10.6 Å². The minimum absolute atomic E-state index is 0. The minimum atomic E-state index is -0.394. The quantitative estimate of drug-likeness (QED) is 0.754. The molecule has 156 valence electrons. The molecule has 0 aromatic heterocycles. The molecule has 2 fully saturated rings. The van der Waals surface area contributed by atoms with E-state index in [2.05, 4.69) is 10.6 Å². The summed E-state index contributed by atoms with van der Waals surface area (Å²) in [6.07, 6.45) is 3.67. The van der Waals surface area contributed by atoms with Crippen molar-refractivity contribution >= 4 is 24.2 Å². The van der Waals surface area contributed by atoms with Gasteiger partial charge in [0.25, 0.3) is 5.91 Å². The van der Waals surface area contributed by atoms with Gasteiger partial charge in [0.2, 0.25) is 5.91 Å². The number of nitrogens with one attached hydrogen (secondary N) is 2. The van der Waals surface area contributed by atoms with Gasteiger partial charge in [-0.2, -0.15) is 0 Å². The highest BCUT2D eigenvalue weighted by molar-refractivity contribution is 5.94. The van der Waals surface area contributed by atoms with Gasteiger partial charge in [-0.3, -0.25) is 9.59 Å². The van der Waals surface area contributed by atoms with Crippen LogP contribution in [0.4, 0.5) is 0 Å². The minimum Gasteiger partial charge on any atom is -0.384 e. The second kappa shape index (κ2) is 10.8. The average molecular weight is 410 g/mol. The highest BCUT2D eigenvalue weighted by atomic mass is 35.5. The summed E-state index contributed by atoms with van der Waals surface area (Å²) in [7, 11) is 1.68. The second-order valence-electron chi connectivity index (χ2n) is 7.80. The number of ether oxygens (including phenoxy) is 1. The van der Waals surface area contributed by atoms with Crippen molar-refractivity contribution in [3.63, 3.8) is 0 Å². The fraction of sp³-hybridized carbons (Fsp3) is 0.619. The Kier molecular flexibility index (Phi) is 8.73. The van der Waals surface area contributed by atoms with Crippen LogP contribution in [0.25, 0.3) is 0 Å². The summed E-state index contributed by atoms with van der Waals surface area (Å²) in [6.45, 7) is 4.34. The van der Waals surface area contributed by atoms with Gasteiger partial charge in [-0.1, -0.05) is 18.2 Å². The molecule has 2 N–H and O–H groups in total. The Labute approximate surface area is 173 Å². The first kappa shape index (κ1) is 22.7. The van der Waals surface area contributed by atoms with E-state index in [0.717, 1.165) is 45.3 Å². The Bertz CT molecular complexity index is 630. The molecule has 28 heavy (non-hydrogen) atoms. The SMILES string of the molecule is COCC1(C(=O)N2CCCC(CNC(=O)c3ccccc3)C2)CCNCC1.Cl. The lowest BCUT2D eigenvalue weighted by atomic mass is 9.77. The van der Waals surface area contributed by atoms with E-state index >= 15 is 0 Å². The van der Waals surface area contributed by atoms with Gasteiger partial charge in [0.1, 0.15) is 0 Å². The van der Waals surface area contributed by atoms with Crippen LogP contribution in [0.15, 0.2) is 30.3 Å². The largest absolute Gasteiger partial charge is 0.384 e.